The summed E-state index contributed by atoms with van der Waals surface area (Å²) in [5, 5.41) is 2.80. The number of hydrogen-bond donors (Lipinski definition) is 1. The molecule has 0 aliphatic carbocycles. The van der Waals surface area contributed by atoms with Crippen molar-refractivity contribution in [2.24, 2.45) is 7.05 Å². The van der Waals surface area contributed by atoms with Gasteiger partial charge >= 0.3 is 0 Å². The number of carbonyl (C=O) groups excluding carboxylic acids is 1. The first-order valence-corrected chi connectivity index (χ1v) is 6.18. The number of benzene rings is 1. The van der Waals surface area contributed by atoms with Crippen molar-refractivity contribution < 1.29 is 9.53 Å². The number of aromatic nitrogens is 1. The van der Waals surface area contributed by atoms with Crippen molar-refractivity contribution in [2.45, 2.75) is 6.54 Å². The topological polar surface area (TPSA) is 60.3 Å². The van der Waals surface area contributed by atoms with Gasteiger partial charge in [0.25, 0.3) is 5.91 Å². The van der Waals surface area contributed by atoms with Crippen LogP contribution in [-0.4, -0.2) is 17.6 Å². The average Bonchev–Trinajstić information content (AvgIpc) is 2.48. The van der Waals surface area contributed by atoms with E-state index in [0.29, 0.717) is 17.9 Å². The van der Waals surface area contributed by atoms with Crippen molar-refractivity contribution in [1.82, 2.24) is 9.88 Å². The Morgan fingerprint density at radius 1 is 1.30 bits per heavy atom. The summed E-state index contributed by atoms with van der Waals surface area (Å²) in [4.78, 5) is 23.3. The number of aryl methyl sites for hydroxylation is 1. The van der Waals surface area contributed by atoms with Crippen molar-refractivity contribution in [3.63, 3.8) is 0 Å². The van der Waals surface area contributed by atoms with Gasteiger partial charge in [0.05, 0.1) is 7.11 Å². The minimum Gasteiger partial charge on any atom is -0.497 e. The van der Waals surface area contributed by atoms with E-state index >= 15 is 0 Å². The zero-order valence-corrected chi connectivity index (χ0v) is 11.4. The Kier molecular flexibility index (Phi) is 4.20. The molecule has 0 aliphatic heterocycles. The molecule has 0 aliphatic rings. The molecule has 2 rings (SSSR count). The number of methoxy groups -OCH3 is 1. The summed E-state index contributed by atoms with van der Waals surface area (Å²) >= 11 is 0. The van der Waals surface area contributed by atoms with Crippen molar-refractivity contribution in [1.29, 1.82) is 0 Å². The van der Waals surface area contributed by atoms with Crippen LogP contribution < -0.4 is 15.6 Å². The summed E-state index contributed by atoms with van der Waals surface area (Å²) in [5.74, 6) is 0.456. The summed E-state index contributed by atoms with van der Waals surface area (Å²) in [7, 11) is 3.23. The Balaban J connectivity index is 2.04. The molecule has 1 N–H and O–H groups in total. The number of amides is 1. The Labute approximate surface area is 116 Å². The molecule has 0 saturated heterocycles. The van der Waals surface area contributed by atoms with Gasteiger partial charge in [0, 0.05) is 31.4 Å². The summed E-state index contributed by atoms with van der Waals surface area (Å²) in [6.07, 6.45) is 1.70. The number of rotatable bonds is 4. The molecule has 0 atom stereocenters. The third-order valence-electron chi connectivity index (χ3n) is 2.93. The largest absolute Gasteiger partial charge is 0.497 e. The predicted octanol–water partition coefficient (Wildman–Crippen LogP) is 1.32. The number of pyridine rings is 1. The standard InChI is InChI=1S/C15H16N2O3/c1-17-10-11(6-7-14(17)18)9-16-15(19)12-4-3-5-13(8-12)20-2/h3-8,10H,9H2,1-2H3,(H,16,19). The number of nitrogens with one attached hydrogen (secondary N) is 1. The van der Waals surface area contributed by atoms with Gasteiger partial charge in [-0.2, -0.15) is 0 Å². The van der Waals surface area contributed by atoms with Crippen molar-refractivity contribution in [3.8, 4) is 5.75 Å². The Morgan fingerprint density at radius 2 is 2.10 bits per heavy atom. The molecule has 1 aromatic carbocycles. The van der Waals surface area contributed by atoms with E-state index in [-0.39, 0.29) is 11.5 Å². The van der Waals surface area contributed by atoms with E-state index in [1.807, 2.05) is 0 Å². The summed E-state index contributed by atoms with van der Waals surface area (Å²) in [5.41, 5.74) is 1.32. The fraction of sp³-hybridized carbons (Fsp3) is 0.200. The van der Waals surface area contributed by atoms with E-state index in [9.17, 15) is 9.59 Å². The van der Waals surface area contributed by atoms with Crippen LogP contribution in [0.25, 0.3) is 0 Å². The maximum Gasteiger partial charge on any atom is 0.251 e. The molecule has 104 valence electrons. The predicted molar refractivity (Wildman–Crippen MR) is 75.8 cm³/mol. The second-order valence-corrected chi connectivity index (χ2v) is 4.40. The first-order valence-electron chi connectivity index (χ1n) is 6.18. The van der Waals surface area contributed by atoms with Gasteiger partial charge in [0.15, 0.2) is 0 Å². The number of nitrogens with zero attached hydrogens (tertiary/aromatic N) is 1. The molecule has 1 amide bonds. The smallest absolute Gasteiger partial charge is 0.251 e. The molecule has 2 aromatic rings. The molecule has 0 unspecified atom stereocenters. The van der Waals surface area contributed by atoms with Crippen molar-refractivity contribution >= 4 is 5.91 Å². The van der Waals surface area contributed by atoms with E-state index in [1.165, 1.54) is 10.6 Å². The van der Waals surface area contributed by atoms with Gasteiger partial charge in [-0.25, -0.2) is 0 Å². The fourth-order valence-electron chi connectivity index (χ4n) is 1.80. The van der Waals surface area contributed by atoms with E-state index < -0.39 is 0 Å². The molecule has 5 nitrogen and oxygen atoms in total. The van der Waals surface area contributed by atoms with Crippen molar-refractivity contribution in [2.75, 3.05) is 7.11 Å². The fourth-order valence-corrected chi connectivity index (χ4v) is 1.80. The van der Waals surface area contributed by atoms with Gasteiger partial charge in [-0.05, 0) is 23.8 Å². The molecule has 0 bridgehead atoms. The lowest BCUT2D eigenvalue weighted by Crippen LogP contribution is -2.24. The lowest BCUT2D eigenvalue weighted by atomic mass is 10.2. The Morgan fingerprint density at radius 3 is 2.80 bits per heavy atom. The van der Waals surface area contributed by atoms with Crippen LogP contribution in [0.15, 0.2) is 47.4 Å². The molecule has 1 aromatic heterocycles. The lowest BCUT2D eigenvalue weighted by molar-refractivity contribution is 0.0950. The van der Waals surface area contributed by atoms with E-state index in [4.69, 9.17) is 4.74 Å². The SMILES string of the molecule is COc1cccc(C(=O)NCc2ccc(=O)n(C)c2)c1. The van der Waals surface area contributed by atoms with Gasteiger partial charge in [0.1, 0.15) is 5.75 Å². The Bertz CT molecular complexity index is 677. The third-order valence-corrected chi connectivity index (χ3v) is 2.93. The van der Waals surface area contributed by atoms with E-state index in [0.717, 1.165) is 5.56 Å². The highest BCUT2D eigenvalue weighted by Gasteiger charge is 2.06. The van der Waals surface area contributed by atoms with Crippen LogP contribution in [0.4, 0.5) is 0 Å². The number of hydrogen-bond acceptors (Lipinski definition) is 3. The molecule has 0 fully saturated rings. The maximum absolute atomic E-state index is 12.0. The van der Waals surface area contributed by atoms with Crippen LogP contribution in [0.3, 0.4) is 0 Å². The average molecular weight is 272 g/mol. The maximum atomic E-state index is 12.0. The number of carbonyl (C=O) groups is 1. The molecule has 0 radical (unpaired) electrons. The molecule has 1 heterocycles. The van der Waals surface area contributed by atoms with Crippen molar-refractivity contribution in [3.05, 3.63) is 64.1 Å². The van der Waals surface area contributed by atoms with Crippen LogP contribution in [0.2, 0.25) is 0 Å². The zero-order chi connectivity index (χ0) is 14.5. The molecule has 20 heavy (non-hydrogen) atoms. The molecule has 0 spiro atoms. The quantitative estimate of drug-likeness (QED) is 0.913. The molecule has 5 heteroatoms. The molecular weight excluding hydrogens is 256 g/mol. The minimum atomic E-state index is -0.183. The second-order valence-electron chi connectivity index (χ2n) is 4.40. The van der Waals surface area contributed by atoms with Crippen LogP contribution in [-0.2, 0) is 13.6 Å². The summed E-state index contributed by atoms with van der Waals surface area (Å²) < 4.78 is 6.56. The monoisotopic (exact) mass is 272 g/mol. The summed E-state index contributed by atoms with van der Waals surface area (Å²) in [6.45, 7) is 0.365. The van der Waals surface area contributed by atoms with Crippen LogP contribution in [0.5, 0.6) is 5.75 Å². The third kappa shape index (κ3) is 3.26. The lowest BCUT2D eigenvalue weighted by Gasteiger charge is -2.07. The van der Waals surface area contributed by atoms with E-state index in [1.54, 1.807) is 50.7 Å². The first kappa shape index (κ1) is 13.9. The number of ether oxygens (including phenoxy) is 1. The van der Waals surface area contributed by atoms with Gasteiger partial charge in [-0.3, -0.25) is 9.59 Å². The molecule has 0 saturated carbocycles. The van der Waals surface area contributed by atoms with Gasteiger partial charge in [-0.1, -0.05) is 12.1 Å². The zero-order valence-electron chi connectivity index (χ0n) is 11.4. The highest BCUT2D eigenvalue weighted by Crippen LogP contribution is 2.12. The second kappa shape index (κ2) is 6.06. The molecular formula is C15H16N2O3. The summed E-state index contributed by atoms with van der Waals surface area (Å²) in [6, 6.07) is 10.1. The van der Waals surface area contributed by atoms with Gasteiger partial charge in [-0.15, -0.1) is 0 Å². The van der Waals surface area contributed by atoms with Gasteiger partial charge < -0.3 is 14.6 Å². The van der Waals surface area contributed by atoms with Crippen LogP contribution in [0, 0.1) is 0 Å². The highest BCUT2D eigenvalue weighted by molar-refractivity contribution is 5.94. The Hall–Kier alpha value is -2.56. The highest BCUT2D eigenvalue weighted by atomic mass is 16.5. The van der Waals surface area contributed by atoms with Gasteiger partial charge in [0.2, 0.25) is 5.56 Å². The van der Waals surface area contributed by atoms with E-state index in [2.05, 4.69) is 5.32 Å². The van der Waals surface area contributed by atoms with Crippen LogP contribution >= 0.6 is 0 Å². The first-order chi connectivity index (χ1) is 9.60. The minimum absolute atomic E-state index is 0.0760. The normalized spacial score (nSPS) is 10.1. The van der Waals surface area contributed by atoms with Crippen LogP contribution in [0.1, 0.15) is 15.9 Å².